The van der Waals surface area contributed by atoms with Gasteiger partial charge >= 0.3 is 5.63 Å². The Kier molecular flexibility index (Phi) is 5.45. The zero-order chi connectivity index (χ0) is 20.4. The average Bonchev–Trinajstić information content (AvgIpc) is 2.68. The van der Waals surface area contributed by atoms with Crippen molar-refractivity contribution < 1.29 is 9.21 Å². The van der Waals surface area contributed by atoms with Gasteiger partial charge < -0.3 is 9.73 Å². The first kappa shape index (κ1) is 19.3. The van der Waals surface area contributed by atoms with Crippen molar-refractivity contribution in [3.8, 4) is 0 Å². The van der Waals surface area contributed by atoms with E-state index in [0.717, 1.165) is 48.0 Å². The number of carbonyl (C=O) groups is 1. The molecule has 0 spiro atoms. The molecule has 1 aliphatic rings. The van der Waals surface area contributed by atoms with Crippen molar-refractivity contribution in [2.24, 2.45) is 5.92 Å². The van der Waals surface area contributed by atoms with Gasteiger partial charge in [-0.15, -0.1) is 0 Å². The summed E-state index contributed by atoms with van der Waals surface area (Å²) in [7, 11) is 0. The highest BCUT2D eigenvalue weighted by atomic mass is 16.4. The van der Waals surface area contributed by atoms with Crippen LogP contribution in [0.5, 0.6) is 0 Å². The number of aromatic nitrogens is 1. The molecule has 0 radical (unpaired) electrons. The van der Waals surface area contributed by atoms with Crippen LogP contribution < -0.4 is 10.9 Å². The van der Waals surface area contributed by atoms with Gasteiger partial charge in [-0.3, -0.25) is 9.69 Å². The summed E-state index contributed by atoms with van der Waals surface area (Å²) in [6, 6.07) is 11.3. The number of nitrogens with zero attached hydrogens (tertiary/aromatic N) is 2. The van der Waals surface area contributed by atoms with Gasteiger partial charge in [-0.25, -0.2) is 9.78 Å². The summed E-state index contributed by atoms with van der Waals surface area (Å²) in [5, 5.41) is 3.90. The van der Waals surface area contributed by atoms with Crippen LogP contribution in [0.3, 0.4) is 0 Å². The summed E-state index contributed by atoms with van der Waals surface area (Å²) < 4.78 is 5.35. The molecule has 1 saturated heterocycles. The Hall–Kier alpha value is -2.99. The normalized spacial score (nSPS) is 15.5. The number of aryl methyl sites for hydroxylation is 2. The molecule has 3 heterocycles. The molecule has 3 aromatic rings. The quantitative estimate of drug-likeness (QED) is 0.687. The lowest BCUT2D eigenvalue weighted by Crippen LogP contribution is -2.38. The molecule has 0 aliphatic carbocycles. The summed E-state index contributed by atoms with van der Waals surface area (Å²) in [5.74, 6) is 0.619. The van der Waals surface area contributed by atoms with E-state index in [1.54, 1.807) is 12.3 Å². The molecule has 0 bridgehead atoms. The Balaban J connectivity index is 1.40. The van der Waals surface area contributed by atoms with E-state index < -0.39 is 0 Å². The van der Waals surface area contributed by atoms with E-state index in [-0.39, 0.29) is 17.5 Å². The molecule has 150 valence electrons. The van der Waals surface area contributed by atoms with Crippen molar-refractivity contribution in [3.63, 3.8) is 0 Å². The minimum absolute atomic E-state index is 0.0196. The van der Waals surface area contributed by atoms with E-state index in [0.29, 0.717) is 17.9 Å². The van der Waals surface area contributed by atoms with Gasteiger partial charge in [0.25, 0.3) is 0 Å². The van der Waals surface area contributed by atoms with Crippen LogP contribution in [0.1, 0.15) is 29.5 Å². The van der Waals surface area contributed by atoms with Gasteiger partial charge in [-0.2, -0.15) is 0 Å². The predicted molar refractivity (Wildman–Crippen MR) is 113 cm³/mol. The van der Waals surface area contributed by atoms with Crippen molar-refractivity contribution >= 4 is 22.7 Å². The largest absolute Gasteiger partial charge is 0.423 e. The predicted octanol–water partition coefficient (Wildman–Crippen LogP) is 3.66. The van der Waals surface area contributed by atoms with E-state index in [9.17, 15) is 9.59 Å². The fourth-order valence-corrected chi connectivity index (χ4v) is 3.89. The molecule has 4 rings (SSSR count). The Bertz CT molecular complexity index is 1100. The number of likely N-dealkylation sites (tertiary alicyclic amines) is 1. The van der Waals surface area contributed by atoms with Crippen molar-refractivity contribution in [2.45, 2.75) is 33.2 Å². The molecule has 6 heteroatoms. The summed E-state index contributed by atoms with van der Waals surface area (Å²) in [4.78, 5) is 31.0. The maximum Gasteiger partial charge on any atom is 0.336 e. The lowest BCUT2D eigenvalue weighted by Gasteiger charge is -2.31. The maximum absolute atomic E-state index is 12.6. The monoisotopic (exact) mass is 391 g/mol. The molecule has 0 atom stereocenters. The first-order valence-electron chi connectivity index (χ1n) is 9.97. The molecule has 1 N–H and O–H groups in total. The van der Waals surface area contributed by atoms with Crippen LogP contribution in [0, 0.1) is 19.8 Å². The fraction of sp³-hybridized carbons (Fsp3) is 0.348. The number of hydrogen-bond acceptors (Lipinski definition) is 5. The number of hydrogen-bond donors (Lipinski definition) is 1. The van der Waals surface area contributed by atoms with Gasteiger partial charge in [0.15, 0.2) is 0 Å². The number of benzene rings is 1. The Morgan fingerprint density at radius 1 is 1.14 bits per heavy atom. The van der Waals surface area contributed by atoms with E-state index in [1.165, 1.54) is 0 Å². The van der Waals surface area contributed by atoms with Crippen molar-refractivity contribution in [2.75, 3.05) is 18.4 Å². The number of carbonyl (C=O) groups excluding carboxylic acids is 1. The van der Waals surface area contributed by atoms with Gasteiger partial charge in [0, 0.05) is 30.1 Å². The molecule has 1 fully saturated rings. The summed E-state index contributed by atoms with van der Waals surface area (Å²) in [6.07, 6.45) is 3.28. The number of pyridine rings is 1. The standard InChI is InChI=1S/C23H25N3O3/c1-15-3-4-19-18(13-22(27)29-20(19)11-15)14-26-9-6-17(7-10-26)23(28)25-21-12-16(2)5-8-24-21/h3-5,8,11-13,17H,6-7,9-10,14H2,1-2H3,(H,24,25,28). The maximum atomic E-state index is 12.6. The highest BCUT2D eigenvalue weighted by Gasteiger charge is 2.25. The molecule has 29 heavy (non-hydrogen) atoms. The van der Waals surface area contributed by atoms with Gasteiger partial charge in [0.1, 0.15) is 11.4 Å². The molecule has 1 aliphatic heterocycles. The molecule has 2 aromatic heterocycles. The van der Waals surface area contributed by atoms with Crippen molar-refractivity contribution in [1.29, 1.82) is 0 Å². The second kappa shape index (κ2) is 8.17. The van der Waals surface area contributed by atoms with Crippen LogP contribution in [0.25, 0.3) is 11.0 Å². The van der Waals surface area contributed by atoms with E-state index >= 15 is 0 Å². The van der Waals surface area contributed by atoms with Crippen LogP contribution in [-0.4, -0.2) is 28.9 Å². The molecular weight excluding hydrogens is 366 g/mol. The lowest BCUT2D eigenvalue weighted by atomic mass is 9.95. The molecule has 0 saturated carbocycles. The summed E-state index contributed by atoms with van der Waals surface area (Å²) in [6.45, 7) is 6.26. The van der Waals surface area contributed by atoms with Crippen LogP contribution in [-0.2, 0) is 11.3 Å². The number of anilines is 1. The average molecular weight is 391 g/mol. The van der Waals surface area contributed by atoms with E-state index in [1.807, 2.05) is 44.2 Å². The topological polar surface area (TPSA) is 75.4 Å². The van der Waals surface area contributed by atoms with Gasteiger partial charge in [0.2, 0.25) is 5.91 Å². The zero-order valence-corrected chi connectivity index (χ0v) is 16.8. The van der Waals surface area contributed by atoms with Crippen LogP contribution in [0.4, 0.5) is 5.82 Å². The third-order valence-corrected chi connectivity index (χ3v) is 5.50. The van der Waals surface area contributed by atoms with Crippen molar-refractivity contribution in [3.05, 3.63) is 69.7 Å². The Morgan fingerprint density at radius 2 is 1.90 bits per heavy atom. The highest BCUT2D eigenvalue weighted by molar-refractivity contribution is 5.91. The SMILES string of the molecule is Cc1ccnc(NC(=O)C2CCN(Cc3cc(=O)oc4cc(C)ccc34)CC2)c1. The first-order valence-corrected chi connectivity index (χ1v) is 9.97. The number of amides is 1. The smallest absolute Gasteiger partial charge is 0.336 e. The highest BCUT2D eigenvalue weighted by Crippen LogP contribution is 2.24. The summed E-state index contributed by atoms with van der Waals surface area (Å²) >= 11 is 0. The van der Waals surface area contributed by atoms with Gasteiger partial charge in [-0.1, -0.05) is 12.1 Å². The second-order valence-electron chi connectivity index (χ2n) is 7.85. The van der Waals surface area contributed by atoms with E-state index in [2.05, 4.69) is 15.2 Å². The number of fused-ring (bicyclic) bond motifs is 1. The number of piperidine rings is 1. The van der Waals surface area contributed by atoms with Gasteiger partial charge in [-0.05, 0) is 74.7 Å². The first-order chi connectivity index (χ1) is 14.0. The van der Waals surface area contributed by atoms with Crippen molar-refractivity contribution in [1.82, 2.24) is 9.88 Å². The molecule has 0 unspecified atom stereocenters. The minimum Gasteiger partial charge on any atom is -0.423 e. The van der Waals surface area contributed by atoms with Crippen LogP contribution in [0.15, 0.2) is 51.8 Å². The molecule has 1 amide bonds. The molecular formula is C23H25N3O3. The van der Waals surface area contributed by atoms with Crippen LogP contribution in [0.2, 0.25) is 0 Å². The Labute approximate surface area is 169 Å². The van der Waals surface area contributed by atoms with Gasteiger partial charge in [0.05, 0.1) is 0 Å². The third kappa shape index (κ3) is 4.54. The summed E-state index contributed by atoms with van der Waals surface area (Å²) in [5.41, 5.74) is 3.42. The zero-order valence-electron chi connectivity index (χ0n) is 16.8. The lowest BCUT2D eigenvalue weighted by molar-refractivity contribution is -0.121. The molecule has 6 nitrogen and oxygen atoms in total. The van der Waals surface area contributed by atoms with E-state index in [4.69, 9.17) is 4.42 Å². The number of nitrogens with one attached hydrogen (secondary N) is 1. The van der Waals surface area contributed by atoms with Crippen LogP contribution >= 0.6 is 0 Å². The number of rotatable bonds is 4. The Morgan fingerprint density at radius 3 is 2.66 bits per heavy atom. The fourth-order valence-electron chi connectivity index (χ4n) is 3.89. The molecule has 1 aromatic carbocycles. The minimum atomic E-state index is -0.321. The second-order valence-corrected chi connectivity index (χ2v) is 7.85. The third-order valence-electron chi connectivity index (χ3n) is 5.50.